The highest BCUT2D eigenvalue weighted by molar-refractivity contribution is 4.64. The van der Waals surface area contributed by atoms with Crippen LogP contribution in [0.2, 0.25) is 0 Å². The maximum atomic E-state index is 2.79. The first-order valence-electron chi connectivity index (χ1n) is 14.5. The Morgan fingerprint density at radius 3 is 1.27 bits per heavy atom. The van der Waals surface area contributed by atoms with E-state index in [4.69, 9.17) is 0 Å². The molecule has 0 amide bonds. The molecule has 0 aliphatic carbocycles. The number of hydrogen-bond donors (Lipinski definition) is 0. The molecule has 0 radical (unpaired) electrons. The van der Waals surface area contributed by atoms with Gasteiger partial charge in [-0.2, -0.15) is 0 Å². The second kappa shape index (κ2) is 19.1. The highest BCUT2D eigenvalue weighted by Gasteiger charge is 2.11. The van der Waals surface area contributed by atoms with Gasteiger partial charge in [-0.3, -0.25) is 0 Å². The molecule has 0 unspecified atom stereocenters. The van der Waals surface area contributed by atoms with Crippen molar-refractivity contribution in [1.82, 2.24) is 9.80 Å². The SMILES string of the molecule is CCCCN(CCCCC[N+](C)(C)C)CCCN(CCCCC[N+](C)(C)C)CCCC(C)C. The number of rotatable bonds is 23. The van der Waals surface area contributed by atoms with E-state index in [2.05, 4.69) is 72.9 Å². The van der Waals surface area contributed by atoms with Crippen molar-refractivity contribution in [1.29, 1.82) is 0 Å². The van der Waals surface area contributed by atoms with Gasteiger partial charge in [-0.1, -0.05) is 27.2 Å². The first-order chi connectivity index (χ1) is 15.4. The van der Waals surface area contributed by atoms with E-state index in [-0.39, 0.29) is 0 Å². The first-order valence-corrected chi connectivity index (χ1v) is 14.5. The summed E-state index contributed by atoms with van der Waals surface area (Å²) in [4.78, 5) is 5.55. The fourth-order valence-corrected chi connectivity index (χ4v) is 4.49. The van der Waals surface area contributed by atoms with Crippen molar-refractivity contribution in [3.05, 3.63) is 0 Å². The number of quaternary nitrogens is 2. The fourth-order valence-electron chi connectivity index (χ4n) is 4.49. The minimum atomic E-state index is 0.832. The lowest BCUT2D eigenvalue weighted by molar-refractivity contribution is -0.870. The van der Waals surface area contributed by atoms with Gasteiger partial charge in [-0.25, -0.2) is 0 Å². The highest BCUT2D eigenvalue weighted by atomic mass is 15.3. The third-order valence-corrected chi connectivity index (χ3v) is 6.64. The van der Waals surface area contributed by atoms with Crippen LogP contribution in [0.3, 0.4) is 0 Å². The number of unbranched alkanes of at least 4 members (excludes halogenated alkanes) is 5. The van der Waals surface area contributed by atoms with Gasteiger partial charge in [0.2, 0.25) is 0 Å². The van der Waals surface area contributed by atoms with Gasteiger partial charge in [0, 0.05) is 0 Å². The van der Waals surface area contributed by atoms with E-state index in [0.29, 0.717) is 0 Å². The Bertz CT molecular complexity index is 422. The van der Waals surface area contributed by atoms with Gasteiger partial charge in [-0.15, -0.1) is 0 Å². The van der Waals surface area contributed by atoms with Gasteiger partial charge in [0.05, 0.1) is 55.4 Å². The Hall–Kier alpha value is -0.160. The Morgan fingerprint density at radius 1 is 0.485 bits per heavy atom. The molecule has 0 fully saturated rings. The Balaban J connectivity index is 4.37. The van der Waals surface area contributed by atoms with Crippen molar-refractivity contribution in [2.45, 2.75) is 91.4 Å². The first kappa shape index (κ1) is 32.8. The van der Waals surface area contributed by atoms with Crippen LogP contribution in [0.4, 0.5) is 0 Å². The molecule has 0 aromatic heterocycles. The molecular formula is C29H66N4+2. The van der Waals surface area contributed by atoms with E-state index < -0.39 is 0 Å². The maximum Gasteiger partial charge on any atom is 0.0780 e. The minimum absolute atomic E-state index is 0.832. The maximum absolute atomic E-state index is 2.79. The van der Waals surface area contributed by atoms with Crippen LogP contribution in [0.1, 0.15) is 91.4 Å². The molecule has 0 aromatic rings. The predicted molar refractivity (Wildman–Crippen MR) is 150 cm³/mol. The summed E-state index contributed by atoms with van der Waals surface area (Å²) in [5, 5.41) is 0. The number of nitrogens with zero attached hydrogens (tertiary/aromatic N) is 4. The smallest absolute Gasteiger partial charge is 0.0780 e. The third-order valence-electron chi connectivity index (χ3n) is 6.64. The van der Waals surface area contributed by atoms with E-state index in [1.165, 1.54) is 123 Å². The summed E-state index contributed by atoms with van der Waals surface area (Å²) >= 11 is 0. The molecule has 0 atom stereocenters. The molecule has 0 aliphatic rings. The molecule has 0 N–H and O–H groups in total. The van der Waals surface area contributed by atoms with Crippen molar-refractivity contribution in [2.24, 2.45) is 5.92 Å². The molecule has 0 saturated carbocycles. The van der Waals surface area contributed by atoms with Gasteiger partial charge in [0.25, 0.3) is 0 Å². The summed E-state index contributed by atoms with van der Waals surface area (Å²) in [6, 6.07) is 0. The van der Waals surface area contributed by atoms with Crippen LogP contribution >= 0.6 is 0 Å². The molecule has 0 aliphatic heterocycles. The quantitative estimate of drug-likeness (QED) is 0.134. The van der Waals surface area contributed by atoms with Gasteiger partial charge in [0.1, 0.15) is 0 Å². The second-order valence-corrected chi connectivity index (χ2v) is 13.1. The van der Waals surface area contributed by atoms with Crippen LogP contribution in [-0.2, 0) is 0 Å². The molecule has 0 saturated heterocycles. The van der Waals surface area contributed by atoms with E-state index in [1.54, 1.807) is 0 Å². The lowest BCUT2D eigenvalue weighted by Crippen LogP contribution is -2.35. The molecule has 0 rings (SSSR count). The fraction of sp³-hybridized carbons (Fsp3) is 1.00. The molecule has 0 heterocycles. The van der Waals surface area contributed by atoms with E-state index >= 15 is 0 Å². The van der Waals surface area contributed by atoms with Crippen molar-refractivity contribution in [3.8, 4) is 0 Å². The molecule has 4 nitrogen and oxygen atoms in total. The summed E-state index contributed by atoms with van der Waals surface area (Å²) in [6.45, 7) is 17.4. The van der Waals surface area contributed by atoms with Crippen LogP contribution in [-0.4, -0.2) is 113 Å². The Labute approximate surface area is 210 Å². The second-order valence-electron chi connectivity index (χ2n) is 13.1. The normalized spacial score (nSPS) is 13.1. The van der Waals surface area contributed by atoms with E-state index in [0.717, 1.165) is 14.9 Å². The Kier molecular flexibility index (Phi) is 19.0. The van der Waals surface area contributed by atoms with Crippen LogP contribution < -0.4 is 0 Å². The zero-order valence-corrected chi connectivity index (χ0v) is 24.8. The third kappa shape index (κ3) is 24.8. The van der Waals surface area contributed by atoms with Crippen molar-refractivity contribution in [2.75, 3.05) is 94.6 Å². The van der Waals surface area contributed by atoms with Crippen LogP contribution in [0.5, 0.6) is 0 Å². The molecule has 4 heteroatoms. The van der Waals surface area contributed by atoms with Crippen molar-refractivity contribution >= 4 is 0 Å². The van der Waals surface area contributed by atoms with E-state index in [1.807, 2.05) is 0 Å². The topological polar surface area (TPSA) is 6.48 Å². The largest absolute Gasteiger partial charge is 0.331 e. The van der Waals surface area contributed by atoms with Crippen molar-refractivity contribution in [3.63, 3.8) is 0 Å². The molecule has 33 heavy (non-hydrogen) atoms. The molecule has 200 valence electrons. The van der Waals surface area contributed by atoms with Crippen LogP contribution in [0.15, 0.2) is 0 Å². The average Bonchev–Trinajstić information content (AvgIpc) is 2.68. The molecule has 0 bridgehead atoms. The van der Waals surface area contributed by atoms with Crippen molar-refractivity contribution < 1.29 is 8.97 Å². The van der Waals surface area contributed by atoms with Gasteiger partial charge in [-0.05, 0) is 109 Å². The molecular weight excluding hydrogens is 404 g/mol. The highest BCUT2D eigenvalue weighted by Crippen LogP contribution is 2.09. The summed E-state index contributed by atoms with van der Waals surface area (Å²) in [7, 11) is 13.9. The average molecular weight is 471 g/mol. The zero-order chi connectivity index (χ0) is 25.2. The summed E-state index contributed by atoms with van der Waals surface area (Å²) < 4.78 is 2.20. The Morgan fingerprint density at radius 2 is 0.879 bits per heavy atom. The number of hydrogen-bond acceptors (Lipinski definition) is 2. The van der Waals surface area contributed by atoms with Crippen LogP contribution in [0, 0.1) is 5.92 Å². The van der Waals surface area contributed by atoms with Gasteiger partial charge in [0.15, 0.2) is 0 Å². The molecule has 0 aromatic carbocycles. The summed E-state index contributed by atoms with van der Waals surface area (Å²) in [5.74, 6) is 0.832. The molecule has 0 spiro atoms. The summed E-state index contributed by atoms with van der Waals surface area (Å²) in [6.07, 6.45) is 15.0. The lowest BCUT2D eigenvalue weighted by Gasteiger charge is -2.27. The van der Waals surface area contributed by atoms with E-state index in [9.17, 15) is 0 Å². The van der Waals surface area contributed by atoms with Gasteiger partial charge < -0.3 is 18.8 Å². The summed E-state index contributed by atoms with van der Waals surface area (Å²) in [5.41, 5.74) is 0. The standard InChI is InChI=1S/C29H66N4/c1-10-11-21-30(22-14-12-16-27-32(4,5)6)25-19-26-31(24-18-20-29(2)3)23-15-13-17-28-33(7,8)9/h29H,10-28H2,1-9H3/q+2. The monoisotopic (exact) mass is 471 g/mol. The predicted octanol–water partition coefficient (Wildman–Crippen LogP) is 5.97. The lowest BCUT2D eigenvalue weighted by atomic mass is 10.1. The van der Waals surface area contributed by atoms with Crippen LogP contribution in [0.25, 0.3) is 0 Å². The minimum Gasteiger partial charge on any atom is -0.331 e. The zero-order valence-electron chi connectivity index (χ0n) is 24.8. The van der Waals surface area contributed by atoms with Gasteiger partial charge >= 0.3 is 0 Å².